The number of carbonyl (C=O) groups excluding carboxylic acids is 2. The van der Waals surface area contributed by atoms with Crippen LogP contribution in [0, 0.1) is 6.92 Å². The number of likely N-dealkylation sites (tertiary alicyclic amines) is 1. The van der Waals surface area contributed by atoms with Gasteiger partial charge in [-0.1, -0.05) is 36.4 Å². The van der Waals surface area contributed by atoms with Crippen molar-refractivity contribution in [3.05, 3.63) is 65.2 Å². The number of amides is 2. The Hall–Kier alpha value is -3.15. The van der Waals surface area contributed by atoms with E-state index in [-0.39, 0.29) is 30.3 Å². The third kappa shape index (κ3) is 3.52. The van der Waals surface area contributed by atoms with Crippen LogP contribution in [0.1, 0.15) is 27.9 Å². The van der Waals surface area contributed by atoms with Crippen molar-refractivity contribution in [3.63, 3.8) is 0 Å². The third-order valence-corrected chi connectivity index (χ3v) is 4.24. The van der Waals surface area contributed by atoms with Crippen LogP contribution in [-0.4, -0.2) is 33.8 Å². The van der Waals surface area contributed by atoms with Crippen molar-refractivity contribution in [2.45, 2.75) is 25.9 Å². The average molecular weight is 338 g/mol. The van der Waals surface area contributed by atoms with Crippen LogP contribution in [0.25, 0.3) is 0 Å². The van der Waals surface area contributed by atoms with Gasteiger partial charge < -0.3 is 10.4 Å². The quantitative estimate of drug-likeness (QED) is 0.818. The molecule has 0 saturated carbocycles. The molecule has 2 amide bonds. The van der Waals surface area contributed by atoms with E-state index in [1.165, 1.54) is 17.0 Å². The van der Waals surface area contributed by atoms with Crippen molar-refractivity contribution in [1.82, 2.24) is 4.90 Å². The van der Waals surface area contributed by atoms with Crippen LogP contribution in [0.4, 0.5) is 5.69 Å². The van der Waals surface area contributed by atoms with Crippen molar-refractivity contribution in [2.75, 3.05) is 5.32 Å². The predicted molar refractivity (Wildman–Crippen MR) is 92.2 cm³/mol. The Morgan fingerprint density at radius 1 is 1.20 bits per heavy atom. The Kier molecular flexibility index (Phi) is 4.52. The van der Waals surface area contributed by atoms with Crippen molar-refractivity contribution >= 4 is 23.5 Å². The minimum absolute atomic E-state index is 0.0579. The number of aryl methyl sites for hydroxylation is 1. The SMILES string of the molecule is Cc1ccc(C(=O)O)cc1N[C@@H]1CC(=O)N(Cc2ccccc2)C1=O. The second kappa shape index (κ2) is 6.76. The normalized spacial score (nSPS) is 17.0. The highest BCUT2D eigenvalue weighted by Crippen LogP contribution is 2.23. The third-order valence-electron chi connectivity index (χ3n) is 4.24. The summed E-state index contributed by atoms with van der Waals surface area (Å²) in [5.41, 5.74) is 2.37. The first-order valence-electron chi connectivity index (χ1n) is 7.94. The lowest BCUT2D eigenvalue weighted by molar-refractivity contribution is -0.139. The lowest BCUT2D eigenvalue weighted by Gasteiger charge is -2.17. The Balaban J connectivity index is 1.76. The monoisotopic (exact) mass is 338 g/mol. The molecule has 6 nitrogen and oxygen atoms in total. The molecule has 0 bridgehead atoms. The zero-order valence-electron chi connectivity index (χ0n) is 13.7. The van der Waals surface area contributed by atoms with Crippen molar-refractivity contribution in [2.24, 2.45) is 0 Å². The Morgan fingerprint density at radius 2 is 1.92 bits per heavy atom. The van der Waals surface area contributed by atoms with Crippen LogP contribution >= 0.6 is 0 Å². The van der Waals surface area contributed by atoms with E-state index in [1.807, 2.05) is 37.3 Å². The summed E-state index contributed by atoms with van der Waals surface area (Å²) in [6, 6.07) is 13.3. The van der Waals surface area contributed by atoms with Gasteiger partial charge in [-0.3, -0.25) is 14.5 Å². The van der Waals surface area contributed by atoms with Gasteiger partial charge in [0.1, 0.15) is 6.04 Å². The largest absolute Gasteiger partial charge is 0.478 e. The van der Waals surface area contributed by atoms with Crippen LogP contribution in [0.15, 0.2) is 48.5 Å². The molecule has 1 heterocycles. The molecule has 128 valence electrons. The van der Waals surface area contributed by atoms with Gasteiger partial charge in [-0.15, -0.1) is 0 Å². The average Bonchev–Trinajstić information content (AvgIpc) is 2.85. The number of carboxylic acids is 1. The summed E-state index contributed by atoms with van der Waals surface area (Å²) < 4.78 is 0. The zero-order valence-corrected chi connectivity index (χ0v) is 13.7. The fourth-order valence-corrected chi connectivity index (χ4v) is 2.83. The summed E-state index contributed by atoms with van der Waals surface area (Å²) in [6.45, 7) is 2.06. The first kappa shape index (κ1) is 16.7. The van der Waals surface area contributed by atoms with Gasteiger partial charge in [0.05, 0.1) is 18.5 Å². The molecule has 1 fully saturated rings. The topological polar surface area (TPSA) is 86.7 Å². The van der Waals surface area contributed by atoms with E-state index >= 15 is 0 Å². The summed E-state index contributed by atoms with van der Waals surface area (Å²) in [5, 5.41) is 12.1. The summed E-state index contributed by atoms with van der Waals surface area (Å²) in [7, 11) is 0. The maximum atomic E-state index is 12.6. The van der Waals surface area contributed by atoms with Crippen LogP contribution in [0.2, 0.25) is 0 Å². The standard InChI is InChI=1S/C19H18N2O4/c1-12-7-8-14(19(24)25)9-15(12)20-16-10-17(22)21(18(16)23)11-13-5-3-2-4-6-13/h2-9,16,20H,10-11H2,1H3,(H,24,25)/t16-/m1/s1. The Morgan fingerprint density at radius 3 is 2.60 bits per heavy atom. The summed E-state index contributed by atoms with van der Waals surface area (Å²) in [6.07, 6.45) is 0.0579. The lowest BCUT2D eigenvalue weighted by atomic mass is 10.1. The number of imide groups is 1. The van der Waals surface area contributed by atoms with Crippen LogP contribution < -0.4 is 5.32 Å². The fraction of sp³-hybridized carbons (Fsp3) is 0.211. The number of aromatic carboxylic acids is 1. The molecule has 0 radical (unpaired) electrons. The summed E-state index contributed by atoms with van der Waals surface area (Å²) >= 11 is 0. The van der Waals surface area contributed by atoms with Crippen molar-refractivity contribution in [1.29, 1.82) is 0 Å². The molecule has 0 aliphatic carbocycles. The number of benzene rings is 2. The highest BCUT2D eigenvalue weighted by Gasteiger charge is 2.38. The van der Waals surface area contributed by atoms with Crippen LogP contribution in [0.5, 0.6) is 0 Å². The fourth-order valence-electron chi connectivity index (χ4n) is 2.83. The van der Waals surface area contributed by atoms with Gasteiger partial charge >= 0.3 is 5.97 Å². The van der Waals surface area contributed by atoms with Crippen molar-refractivity contribution in [3.8, 4) is 0 Å². The van der Waals surface area contributed by atoms with Gasteiger partial charge in [0.25, 0.3) is 5.91 Å². The Bertz CT molecular complexity index is 833. The van der Waals surface area contributed by atoms with E-state index in [1.54, 1.807) is 6.07 Å². The lowest BCUT2D eigenvalue weighted by Crippen LogP contribution is -2.34. The highest BCUT2D eigenvalue weighted by atomic mass is 16.4. The van der Waals surface area contributed by atoms with Gasteiger partial charge in [0, 0.05) is 5.69 Å². The molecule has 1 saturated heterocycles. The molecular formula is C19H18N2O4. The van der Waals surface area contributed by atoms with E-state index in [0.29, 0.717) is 5.69 Å². The first-order valence-corrected chi connectivity index (χ1v) is 7.94. The predicted octanol–water partition coefficient (Wildman–Crippen LogP) is 2.43. The smallest absolute Gasteiger partial charge is 0.335 e. The number of nitrogens with zero attached hydrogens (tertiary/aromatic N) is 1. The summed E-state index contributed by atoms with van der Waals surface area (Å²) in [5.74, 6) is -1.57. The maximum absolute atomic E-state index is 12.6. The van der Waals surface area contributed by atoms with E-state index < -0.39 is 12.0 Å². The summed E-state index contributed by atoms with van der Waals surface area (Å²) in [4.78, 5) is 37.2. The number of hydrogen-bond donors (Lipinski definition) is 2. The molecule has 1 aliphatic rings. The molecule has 0 aromatic heterocycles. The van der Waals surface area contributed by atoms with Gasteiger partial charge in [-0.2, -0.15) is 0 Å². The number of carboxylic acid groups (broad SMARTS) is 1. The number of hydrogen-bond acceptors (Lipinski definition) is 4. The van der Waals surface area contributed by atoms with E-state index in [9.17, 15) is 14.4 Å². The highest BCUT2D eigenvalue weighted by molar-refractivity contribution is 6.06. The van der Waals surface area contributed by atoms with E-state index in [0.717, 1.165) is 11.1 Å². The second-order valence-corrected chi connectivity index (χ2v) is 6.04. The molecule has 1 atom stereocenters. The first-order chi connectivity index (χ1) is 12.0. The molecule has 0 spiro atoms. The molecular weight excluding hydrogens is 320 g/mol. The number of carbonyl (C=O) groups is 3. The molecule has 0 unspecified atom stereocenters. The van der Waals surface area contributed by atoms with Gasteiger partial charge in [0.2, 0.25) is 5.91 Å². The van der Waals surface area contributed by atoms with E-state index in [2.05, 4.69) is 5.32 Å². The molecule has 1 aliphatic heterocycles. The molecule has 2 aromatic carbocycles. The van der Waals surface area contributed by atoms with E-state index in [4.69, 9.17) is 5.11 Å². The zero-order chi connectivity index (χ0) is 18.0. The number of anilines is 1. The Labute approximate surface area is 145 Å². The van der Waals surface area contributed by atoms with Crippen molar-refractivity contribution < 1.29 is 19.5 Å². The van der Waals surface area contributed by atoms with Crippen LogP contribution in [-0.2, 0) is 16.1 Å². The van der Waals surface area contributed by atoms with Gasteiger partial charge in [0.15, 0.2) is 0 Å². The minimum atomic E-state index is -1.04. The molecule has 2 N–H and O–H groups in total. The van der Waals surface area contributed by atoms with Crippen LogP contribution in [0.3, 0.4) is 0 Å². The van der Waals surface area contributed by atoms with Gasteiger partial charge in [-0.05, 0) is 30.2 Å². The number of rotatable bonds is 5. The second-order valence-electron chi connectivity index (χ2n) is 6.04. The molecule has 3 rings (SSSR count). The molecule has 6 heteroatoms. The minimum Gasteiger partial charge on any atom is -0.478 e. The maximum Gasteiger partial charge on any atom is 0.335 e. The molecule has 2 aromatic rings. The number of nitrogens with one attached hydrogen (secondary N) is 1. The molecule has 25 heavy (non-hydrogen) atoms. The van der Waals surface area contributed by atoms with Gasteiger partial charge in [-0.25, -0.2) is 4.79 Å².